The minimum absolute atomic E-state index is 0.0924. The molecule has 0 spiro atoms. The van der Waals surface area contributed by atoms with Crippen LogP contribution in [-0.4, -0.2) is 52.3 Å². The van der Waals surface area contributed by atoms with E-state index in [-0.39, 0.29) is 23.4 Å². The van der Waals surface area contributed by atoms with Crippen LogP contribution in [0.5, 0.6) is 40.8 Å². The summed E-state index contributed by atoms with van der Waals surface area (Å²) >= 11 is 5.88. The molecule has 4 aromatic carbocycles. The molecule has 2 aromatic heterocycles. The highest BCUT2D eigenvalue weighted by Gasteiger charge is 2.19. The van der Waals surface area contributed by atoms with Crippen molar-refractivity contribution >= 4 is 40.2 Å². The summed E-state index contributed by atoms with van der Waals surface area (Å²) in [5.74, 6) is 0.399. The van der Waals surface area contributed by atoms with E-state index in [1.54, 1.807) is 91.0 Å². The van der Waals surface area contributed by atoms with Gasteiger partial charge in [0.1, 0.15) is 46.5 Å². The van der Waals surface area contributed by atoms with Crippen molar-refractivity contribution in [3.8, 4) is 46.9 Å². The molecule has 0 bridgehead atoms. The van der Waals surface area contributed by atoms with Gasteiger partial charge in [0.25, 0.3) is 0 Å². The molecule has 2 heterocycles. The molecule has 0 saturated carbocycles. The second kappa shape index (κ2) is 17.7. The largest absolute Gasteiger partial charge is 0.503 e. The fourth-order valence-electron chi connectivity index (χ4n) is 4.40. The second-order valence-corrected chi connectivity index (χ2v) is 11.0. The van der Waals surface area contributed by atoms with Gasteiger partial charge in [0.15, 0.2) is 11.7 Å². The number of para-hydroxylation sites is 2. The number of carboxylic acid groups (broad SMARTS) is 1. The number of methoxy groups -OCH3 is 2. The number of carboxylic acids is 1. The van der Waals surface area contributed by atoms with Gasteiger partial charge in [-0.25, -0.2) is 19.6 Å². The molecule has 0 radical (unpaired) electrons. The number of oxazole rings is 1. The Morgan fingerprint density at radius 2 is 1.53 bits per heavy atom. The molecule has 53 heavy (non-hydrogen) atoms. The molecule has 0 saturated heterocycles. The third-order valence-corrected chi connectivity index (χ3v) is 7.13. The van der Waals surface area contributed by atoms with Crippen molar-refractivity contribution in [2.45, 2.75) is 13.0 Å². The number of halogens is 1. The van der Waals surface area contributed by atoms with E-state index in [0.717, 1.165) is 0 Å². The van der Waals surface area contributed by atoms with Gasteiger partial charge in [0.05, 0.1) is 32.1 Å². The van der Waals surface area contributed by atoms with Gasteiger partial charge >= 0.3 is 18.0 Å². The first-order chi connectivity index (χ1) is 25.7. The summed E-state index contributed by atoms with van der Waals surface area (Å²) < 4.78 is 37.6. The van der Waals surface area contributed by atoms with Crippen LogP contribution in [0, 0.1) is 11.3 Å². The van der Waals surface area contributed by atoms with E-state index < -0.39 is 18.0 Å². The number of nitriles is 1. The molecule has 14 nitrogen and oxygen atoms in total. The molecule has 6 aromatic rings. The molecule has 6 rings (SSSR count). The normalized spacial score (nSPS) is 11.3. The Labute approximate surface area is 307 Å². The van der Waals surface area contributed by atoms with Crippen LogP contribution >= 0.6 is 11.6 Å². The highest BCUT2D eigenvalue weighted by molar-refractivity contribution is 6.31. The fraction of sp³-hybridized carbons (Fsp3) is 0.105. The van der Waals surface area contributed by atoms with Crippen molar-refractivity contribution in [2.75, 3.05) is 14.2 Å². The van der Waals surface area contributed by atoms with Crippen LogP contribution in [0.15, 0.2) is 114 Å². The number of ether oxygens (including phenoxy) is 6. The van der Waals surface area contributed by atoms with Gasteiger partial charge in [-0.3, -0.25) is 0 Å². The number of benzene rings is 4. The number of rotatable bonds is 12. The number of carbonyl (C=O) groups excluding carboxylic acids is 1. The highest BCUT2D eigenvalue weighted by Crippen LogP contribution is 2.32. The fourth-order valence-corrected chi connectivity index (χ4v) is 4.56. The van der Waals surface area contributed by atoms with Crippen LogP contribution in [0.3, 0.4) is 0 Å². The quantitative estimate of drug-likeness (QED) is 0.0719. The molecule has 0 aliphatic heterocycles. The third kappa shape index (κ3) is 10.00. The number of aromatic nitrogens is 3. The van der Waals surface area contributed by atoms with Gasteiger partial charge in [-0.15, -0.1) is 0 Å². The van der Waals surface area contributed by atoms with E-state index in [1.807, 2.05) is 0 Å². The Morgan fingerprint density at radius 1 is 0.868 bits per heavy atom. The summed E-state index contributed by atoms with van der Waals surface area (Å²) in [7, 11) is 2.71. The molecule has 1 unspecified atom stereocenters. The molecule has 0 aliphatic carbocycles. The van der Waals surface area contributed by atoms with E-state index in [9.17, 15) is 14.9 Å². The topological polar surface area (TPSA) is 185 Å². The van der Waals surface area contributed by atoms with Crippen LogP contribution in [0.1, 0.15) is 18.1 Å². The highest BCUT2D eigenvalue weighted by atomic mass is 35.5. The minimum Gasteiger partial charge on any atom is -0.503 e. The number of aliphatic carboxylic acids is 1. The summed E-state index contributed by atoms with van der Waals surface area (Å²) in [5, 5.41) is 18.5. The zero-order valence-corrected chi connectivity index (χ0v) is 29.0. The van der Waals surface area contributed by atoms with E-state index >= 15 is 0 Å². The number of carbonyl (C=O) groups is 2. The molecule has 0 fully saturated rings. The molecule has 1 atom stereocenters. The predicted octanol–water partition coefficient (Wildman–Crippen LogP) is 8.22. The number of fused-ring (bicyclic) bond motifs is 1. The van der Waals surface area contributed by atoms with Crippen molar-refractivity contribution in [3.05, 3.63) is 126 Å². The maximum Gasteiger partial charge on any atom is 0.400 e. The average molecular weight is 737 g/mol. The summed E-state index contributed by atoms with van der Waals surface area (Å²) in [6.45, 7) is 1.45. The Kier molecular flexibility index (Phi) is 12.4. The van der Waals surface area contributed by atoms with E-state index in [2.05, 4.69) is 21.0 Å². The van der Waals surface area contributed by atoms with E-state index in [0.29, 0.717) is 50.2 Å². The van der Waals surface area contributed by atoms with Crippen LogP contribution in [0.2, 0.25) is 5.02 Å². The predicted molar refractivity (Wildman–Crippen MR) is 190 cm³/mol. The monoisotopic (exact) mass is 736 g/mol. The van der Waals surface area contributed by atoms with Crippen LogP contribution in [0.25, 0.3) is 16.7 Å². The molecular formula is C38H29ClN4O10. The van der Waals surface area contributed by atoms with Crippen molar-refractivity contribution in [1.82, 2.24) is 15.0 Å². The molecule has 268 valence electrons. The zero-order chi connectivity index (χ0) is 37.7. The van der Waals surface area contributed by atoms with Crippen molar-refractivity contribution in [3.63, 3.8) is 0 Å². The van der Waals surface area contributed by atoms with Gasteiger partial charge in [-0.1, -0.05) is 41.9 Å². The Bertz CT molecular complexity index is 2290. The standard InChI is InChI=1S/C22H17N3O5.C16H12ClNO5/c1-27-13-17(22(26)28-2)16-8-4-6-10-19(16)30-21-11-20(24-14-25-21)29-18-9-5-3-7-15(18)12-23;1-9(15(19)20)21-11-3-5-12(6-4-11)22-16-18-13-7-2-10(17)8-14(13)23-16/h3-11,13-14H,1-2H3;2-9H,1H3,(H,19,20)/b17-13+;. The lowest BCUT2D eigenvalue weighted by atomic mass is 10.1. The minimum atomic E-state index is -1.03. The van der Waals surface area contributed by atoms with Crippen LogP contribution in [-0.2, 0) is 19.1 Å². The first-order valence-electron chi connectivity index (χ1n) is 15.5. The van der Waals surface area contributed by atoms with Crippen molar-refractivity contribution in [1.29, 1.82) is 5.26 Å². The SMILES string of the molecule is CC(Oc1ccc(Oc2nc3ccc(Cl)cc3o2)cc1)C(=O)O.CO/C=C(/C(=O)OC)c1ccccc1Oc1cc(Oc2ccccc2C#N)ncn1. The molecular weight excluding hydrogens is 708 g/mol. The Hall–Kier alpha value is -7.11. The van der Waals surface area contributed by atoms with Crippen molar-refractivity contribution < 1.29 is 47.5 Å². The van der Waals surface area contributed by atoms with Gasteiger partial charge < -0.3 is 37.9 Å². The Morgan fingerprint density at radius 3 is 2.21 bits per heavy atom. The average Bonchev–Trinajstić information content (AvgIpc) is 3.56. The maximum absolute atomic E-state index is 12.1. The third-order valence-electron chi connectivity index (χ3n) is 6.89. The summed E-state index contributed by atoms with van der Waals surface area (Å²) in [6.07, 6.45) is 1.72. The summed E-state index contributed by atoms with van der Waals surface area (Å²) in [6, 6.07) is 28.8. The van der Waals surface area contributed by atoms with Crippen LogP contribution in [0.4, 0.5) is 0 Å². The lowest BCUT2D eigenvalue weighted by Crippen LogP contribution is -2.22. The first-order valence-corrected chi connectivity index (χ1v) is 15.9. The first kappa shape index (κ1) is 37.2. The lowest BCUT2D eigenvalue weighted by molar-refractivity contribution is -0.144. The number of hydrogen-bond donors (Lipinski definition) is 1. The summed E-state index contributed by atoms with van der Waals surface area (Å²) in [5.41, 5.74) is 2.19. The van der Waals surface area contributed by atoms with E-state index in [1.165, 1.54) is 39.8 Å². The number of esters is 1. The van der Waals surface area contributed by atoms with Gasteiger partial charge in [-0.2, -0.15) is 10.2 Å². The van der Waals surface area contributed by atoms with Gasteiger partial charge in [-0.05, 0) is 61.5 Å². The van der Waals surface area contributed by atoms with E-state index in [4.69, 9.17) is 49.5 Å². The van der Waals surface area contributed by atoms with Gasteiger partial charge in [0.2, 0.25) is 11.8 Å². The Balaban J connectivity index is 0.000000211. The van der Waals surface area contributed by atoms with Crippen molar-refractivity contribution in [2.24, 2.45) is 0 Å². The zero-order valence-electron chi connectivity index (χ0n) is 28.3. The molecule has 0 aliphatic rings. The lowest BCUT2D eigenvalue weighted by Gasteiger charge is -2.12. The molecule has 0 amide bonds. The summed E-state index contributed by atoms with van der Waals surface area (Å²) in [4.78, 5) is 35.2. The van der Waals surface area contributed by atoms with Crippen LogP contribution < -0.4 is 18.9 Å². The second-order valence-electron chi connectivity index (χ2n) is 10.5. The molecule has 1 N–H and O–H groups in total. The smallest absolute Gasteiger partial charge is 0.400 e. The number of hydrogen-bond acceptors (Lipinski definition) is 13. The number of nitrogens with zero attached hydrogens (tertiary/aromatic N) is 4. The van der Waals surface area contributed by atoms with Gasteiger partial charge in [0, 0.05) is 16.7 Å². The maximum atomic E-state index is 12.1. The molecule has 15 heteroatoms.